The minimum Gasteiger partial charge on any atom is -0.387 e. The Morgan fingerprint density at radius 2 is 2.00 bits per heavy atom. The maximum absolute atomic E-state index is 9.68. The summed E-state index contributed by atoms with van der Waals surface area (Å²) in [5, 5.41) is 9.68. The van der Waals surface area contributed by atoms with Gasteiger partial charge in [-0.15, -0.1) is 0 Å². The third-order valence-electron chi connectivity index (χ3n) is 3.74. The predicted molar refractivity (Wildman–Crippen MR) is 44.1 cm³/mol. The van der Waals surface area contributed by atoms with Gasteiger partial charge >= 0.3 is 0 Å². The fraction of sp³-hybridized carbons (Fsp3) is 1.00. The molecule has 3 aliphatic rings. The second kappa shape index (κ2) is 2.46. The molecule has 0 aliphatic carbocycles. The molecule has 2 bridgehead atoms. The molecule has 3 fully saturated rings. The zero-order chi connectivity index (χ0) is 7.90. The molecule has 0 unspecified atom stereocenters. The van der Waals surface area contributed by atoms with Crippen LogP contribution in [0.4, 0.5) is 0 Å². The number of hydrogen-bond donors (Lipinski definition) is 1. The highest BCUT2D eigenvalue weighted by atomic mass is 16.3. The van der Waals surface area contributed by atoms with Gasteiger partial charge in [0.1, 0.15) is 12.6 Å². The summed E-state index contributed by atoms with van der Waals surface area (Å²) in [6.07, 6.45) is 2.53. The smallest absolute Gasteiger partial charge is 0.106 e. The van der Waals surface area contributed by atoms with E-state index in [1.807, 2.05) is 0 Å². The van der Waals surface area contributed by atoms with Crippen molar-refractivity contribution in [3.63, 3.8) is 0 Å². The molecule has 11 heavy (non-hydrogen) atoms. The van der Waals surface area contributed by atoms with Crippen LogP contribution in [-0.4, -0.2) is 41.9 Å². The summed E-state index contributed by atoms with van der Waals surface area (Å²) in [6.45, 7) is 7.12. The Morgan fingerprint density at radius 1 is 1.36 bits per heavy atom. The molecule has 64 valence electrons. The number of fused-ring (bicyclic) bond motifs is 3. The largest absolute Gasteiger partial charge is 0.387 e. The molecule has 0 amide bonds. The van der Waals surface area contributed by atoms with Gasteiger partial charge in [0.2, 0.25) is 0 Å². The summed E-state index contributed by atoms with van der Waals surface area (Å²) >= 11 is 0. The third-order valence-corrected chi connectivity index (χ3v) is 3.74. The average Bonchev–Trinajstić information content (AvgIpc) is 2.06. The number of likely N-dealkylation sites (N-methyl/N-ethyl adjacent to an activating group) is 1. The van der Waals surface area contributed by atoms with E-state index < -0.39 is 0 Å². The van der Waals surface area contributed by atoms with Crippen molar-refractivity contribution in [1.82, 2.24) is 0 Å². The topological polar surface area (TPSA) is 20.2 Å². The summed E-state index contributed by atoms with van der Waals surface area (Å²) in [4.78, 5) is 0. The number of hydrogen-bond acceptors (Lipinski definition) is 1. The van der Waals surface area contributed by atoms with Gasteiger partial charge in [0, 0.05) is 18.8 Å². The predicted octanol–water partition coefficient (Wildman–Crippen LogP) is 0.608. The van der Waals surface area contributed by atoms with Crippen LogP contribution in [0.15, 0.2) is 0 Å². The number of piperidine rings is 3. The first kappa shape index (κ1) is 7.56. The number of aliphatic hydroxyl groups is 1. The summed E-state index contributed by atoms with van der Waals surface area (Å²) in [6, 6.07) is 0. The fourth-order valence-electron chi connectivity index (χ4n) is 2.69. The molecule has 3 rings (SSSR count). The van der Waals surface area contributed by atoms with Crippen LogP contribution in [0.5, 0.6) is 0 Å². The summed E-state index contributed by atoms with van der Waals surface area (Å²) in [7, 11) is 0. The summed E-state index contributed by atoms with van der Waals surface area (Å²) in [5.74, 6) is 0.640. The van der Waals surface area contributed by atoms with Crippen LogP contribution in [0, 0.1) is 5.92 Å². The lowest BCUT2D eigenvalue weighted by Gasteiger charge is -2.50. The molecule has 2 heteroatoms. The molecule has 0 saturated carbocycles. The monoisotopic (exact) mass is 156 g/mol. The van der Waals surface area contributed by atoms with E-state index >= 15 is 0 Å². The average molecular weight is 156 g/mol. The van der Waals surface area contributed by atoms with E-state index in [-0.39, 0.29) is 6.10 Å². The third kappa shape index (κ3) is 1.09. The highest BCUT2D eigenvalue weighted by Crippen LogP contribution is 2.33. The normalized spacial score (nSPS) is 49.6. The lowest BCUT2D eigenvalue weighted by Crippen LogP contribution is -2.63. The van der Waals surface area contributed by atoms with E-state index in [4.69, 9.17) is 0 Å². The Labute approximate surface area is 68.4 Å². The Hall–Kier alpha value is -0.0800. The lowest BCUT2D eigenvalue weighted by molar-refractivity contribution is -0.944. The van der Waals surface area contributed by atoms with Crippen LogP contribution in [-0.2, 0) is 0 Å². The van der Waals surface area contributed by atoms with Gasteiger partial charge in [-0.3, -0.25) is 0 Å². The molecular weight excluding hydrogens is 138 g/mol. The fourth-order valence-corrected chi connectivity index (χ4v) is 2.69. The first-order valence-corrected chi connectivity index (χ1v) is 4.79. The van der Waals surface area contributed by atoms with E-state index in [1.54, 1.807) is 0 Å². The first-order chi connectivity index (χ1) is 5.26. The Kier molecular flexibility index (Phi) is 1.69. The molecular formula is C9H18NO+. The van der Waals surface area contributed by atoms with Crippen molar-refractivity contribution in [2.45, 2.75) is 25.9 Å². The van der Waals surface area contributed by atoms with E-state index in [2.05, 4.69) is 6.92 Å². The molecule has 3 saturated heterocycles. The molecule has 0 aromatic carbocycles. The second-order valence-electron chi connectivity index (χ2n) is 4.19. The molecule has 3 aliphatic heterocycles. The van der Waals surface area contributed by atoms with Crippen LogP contribution in [0.1, 0.15) is 19.8 Å². The van der Waals surface area contributed by atoms with Crippen molar-refractivity contribution in [1.29, 1.82) is 0 Å². The molecule has 3 heterocycles. The van der Waals surface area contributed by atoms with Gasteiger partial charge in [-0.1, -0.05) is 0 Å². The van der Waals surface area contributed by atoms with Gasteiger partial charge in [-0.2, -0.15) is 0 Å². The molecule has 0 aromatic rings. The Bertz CT molecular complexity index is 150. The Balaban J connectivity index is 2.12. The van der Waals surface area contributed by atoms with Crippen molar-refractivity contribution in [2.24, 2.45) is 5.92 Å². The zero-order valence-electron chi connectivity index (χ0n) is 7.29. The van der Waals surface area contributed by atoms with Gasteiger partial charge in [0.25, 0.3) is 0 Å². The highest BCUT2D eigenvalue weighted by Gasteiger charge is 2.43. The highest BCUT2D eigenvalue weighted by molar-refractivity contribution is 4.78. The van der Waals surface area contributed by atoms with Crippen molar-refractivity contribution in [3.8, 4) is 0 Å². The standard InChI is InChI=1S/C9H18NO/c1-2-10-5-3-8(4-6-10)9(11)7-10/h8-9,11H,2-7H2,1H3/q+1/t8?,9-,10?/m1/s1. The molecule has 0 spiro atoms. The second-order valence-corrected chi connectivity index (χ2v) is 4.19. The number of nitrogens with zero attached hydrogens (tertiary/aromatic N) is 1. The van der Waals surface area contributed by atoms with Crippen molar-refractivity contribution >= 4 is 0 Å². The molecule has 0 radical (unpaired) electrons. The van der Waals surface area contributed by atoms with Crippen molar-refractivity contribution in [2.75, 3.05) is 26.2 Å². The van der Waals surface area contributed by atoms with Crippen LogP contribution < -0.4 is 0 Å². The van der Waals surface area contributed by atoms with E-state index in [9.17, 15) is 5.11 Å². The molecule has 1 N–H and O–H groups in total. The van der Waals surface area contributed by atoms with Gasteiger partial charge in [0.05, 0.1) is 19.6 Å². The first-order valence-electron chi connectivity index (χ1n) is 4.79. The SMILES string of the molecule is CC[N+]12CCC(CC1)[C@H](O)C2. The van der Waals surface area contributed by atoms with E-state index in [0.29, 0.717) is 5.92 Å². The number of aliphatic hydroxyl groups excluding tert-OH is 1. The minimum atomic E-state index is 0.0115. The lowest BCUT2D eigenvalue weighted by atomic mass is 9.83. The molecule has 1 atom stereocenters. The van der Waals surface area contributed by atoms with E-state index in [1.165, 1.54) is 37.0 Å². The summed E-state index contributed by atoms with van der Waals surface area (Å²) < 4.78 is 1.19. The van der Waals surface area contributed by atoms with Crippen LogP contribution in [0.3, 0.4) is 0 Å². The van der Waals surface area contributed by atoms with Crippen molar-refractivity contribution in [3.05, 3.63) is 0 Å². The zero-order valence-corrected chi connectivity index (χ0v) is 7.29. The van der Waals surface area contributed by atoms with Gasteiger partial charge in [-0.05, 0) is 6.92 Å². The summed E-state index contributed by atoms with van der Waals surface area (Å²) in [5.41, 5.74) is 0. The van der Waals surface area contributed by atoms with Gasteiger partial charge in [0.15, 0.2) is 0 Å². The minimum absolute atomic E-state index is 0.0115. The van der Waals surface area contributed by atoms with Gasteiger partial charge < -0.3 is 9.59 Å². The van der Waals surface area contributed by atoms with Crippen LogP contribution >= 0.6 is 0 Å². The maximum Gasteiger partial charge on any atom is 0.106 e. The number of rotatable bonds is 1. The van der Waals surface area contributed by atoms with Crippen LogP contribution in [0.25, 0.3) is 0 Å². The van der Waals surface area contributed by atoms with Gasteiger partial charge in [-0.25, -0.2) is 0 Å². The van der Waals surface area contributed by atoms with Crippen molar-refractivity contribution < 1.29 is 9.59 Å². The maximum atomic E-state index is 9.68. The molecule has 2 nitrogen and oxygen atoms in total. The quantitative estimate of drug-likeness (QED) is 0.551. The number of quaternary nitrogens is 1. The Morgan fingerprint density at radius 3 is 2.36 bits per heavy atom. The van der Waals surface area contributed by atoms with Crippen LogP contribution in [0.2, 0.25) is 0 Å². The molecule has 0 aromatic heterocycles. The van der Waals surface area contributed by atoms with E-state index in [0.717, 1.165) is 6.54 Å².